The number of aromatic hydroxyl groups is 1. The number of allylic oxidation sites excluding steroid dienone is 1. The van der Waals surface area contributed by atoms with Crippen molar-refractivity contribution in [2.24, 2.45) is 0 Å². The molecular formula is C15H10BrNO3S. The molecule has 0 aliphatic rings. The molecule has 1 aromatic heterocycles. The van der Waals surface area contributed by atoms with E-state index in [4.69, 9.17) is 4.74 Å². The molecule has 0 unspecified atom stereocenters. The van der Waals surface area contributed by atoms with E-state index in [1.54, 1.807) is 29.6 Å². The van der Waals surface area contributed by atoms with Crippen molar-refractivity contribution in [2.75, 3.05) is 7.11 Å². The Bertz CT molecular complexity index is 745. The molecule has 1 aromatic carbocycles. The maximum absolute atomic E-state index is 12.2. The van der Waals surface area contributed by atoms with Crippen LogP contribution in [0, 0.1) is 11.3 Å². The van der Waals surface area contributed by atoms with Crippen molar-refractivity contribution in [3.63, 3.8) is 0 Å². The number of nitrogens with zero attached hydrogens (tertiary/aromatic N) is 1. The van der Waals surface area contributed by atoms with E-state index in [2.05, 4.69) is 15.9 Å². The van der Waals surface area contributed by atoms with Crippen molar-refractivity contribution in [3.8, 4) is 17.6 Å². The van der Waals surface area contributed by atoms with Gasteiger partial charge in [-0.25, -0.2) is 0 Å². The van der Waals surface area contributed by atoms with Gasteiger partial charge in [0.1, 0.15) is 11.6 Å². The first-order valence-electron chi connectivity index (χ1n) is 5.83. The fourth-order valence-corrected chi connectivity index (χ4v) is 2.83. The number of ketones is 1. The number of carbonyl (C=O) groups excluding carboxylic acids is 1. The van der Waals surface area contributed by atoms with Gasteiger partial charge in [-0.3, -0.25) is 4.79 Å². The predicted molar refractivity (Wildman–Crippen MR) is 84.6 cm³/mol. The van der Waals surface area contributed by atoms with Gasteiger partial charge in [0.25, 0.3) is 0 Å². The van der Waals surface area contributed by atoms with E-state index in [1.165, 1.54) is 24.5 Å². The second-order valence-corrected chi connectivity index (χ2v) is 5.83. The average molecular weight is 364 g/mol. The molecule has 0 spiro atoms. The smallest absolute Gasteiger partial charge is 0.213 e. The first kappa shape index (κ1) is 15.3. The lowest BCUT2D eigenvalue weighted by Crippen LogP contribution is -1.99. The number of phenols is 1. The van der Waals surface area contributed by atoms with E-state index in [9.17, 15) is 15.2 Å². The van der Waals surface area contributed by atoms with Crippen LogP contribution < -0.4 is 4.74 Å². The number of nitriles is 1. The molecule has 0 atom stereocenters. The normalized spacial score (nSPS) is 11.0. The summed E-state index contributed by atoms with van der Waals surface area (Å²) in [5.41, 5.74) is 0.607. The predicted octanol–water partition coefficient (Wildman–Crippen LogP) is 4.01. The highest BCUT2D eigenvalue weighted by atomic mass is 79.9. The first-order valence-corrected chi connectivity index (χ1v) is 7.50. The number of Topliss-reactive ketones (excluding diaryl/α,β-unsaturated/α-hetero) is 1. The minimum atomic E-state index is -0.323. The quantitative estimate of drug-likeness (QED) is 0.506. The van der Waals surface area contributed by atoms with Crippen LogP contribution in [0.5, 0.6) is 11.5 Å². The van der Waals surface area contributed by atoms with Gasteiger partial charge in [0.15, 0.2) is 11.5 Å². The van der Waals surface area contributed by atoms with Gasteiger partial charge in [-0.05, 0) is 51.1 Å². The Kier molecular flexibility index (Phi) is 4.78. The third kappa shape index (κ3) is 3.32. The highest BCUT2D eigenvalue weighted by Crippen LogP contribution is 2.35. The van der Waals surface area contributed by atoms with Crippen LogP contribution in [0.15, 0.2) is 39.7 Å². The first-order chi connectivity index (χ1) is 10.1. The molecule has 2 rings (SSSR count). The van der Waals surface area contributed by atoms with E-state index in [1.807, 2.05) is 6.07 Å². The Labute approximate surface area is 134 Å². The Morgan fingerprint density at radius 3 is 2.86 bits per heavy atom. The molecule has 0 bridgehead atoms. The molecule has 2 aromatic rings. The number of methoxy groups -OCH3 is 1. The summed E-state index contributed by atoms with van der Waals surface area (Å²) in [6, 6.07) is 8.50. The minimum Gasteiger partial charge on any atom is -0.503 e. The number of hydrogen-bond acceptors (Lipinski definition) is 5. The topological polar surface area (TPSA) is 70.3 Å². The molecule has 0 aliphatic carbocycles. The number of ether oxygens (including phenoxy) is 1. The van der Waals surface area contributed by atoms with Crippen molar-refractivity contribution in [3.05, 3.63) is 50.1 Å². The van der Waals surface area contributed by atoms with Crippen molar-refractivity contribution >= 4 is 39.1 Å². The number of phenolic OH excluding ortho intramolecular Hbond substituents is 1. The monoisotopic (exact) mass is 363 g/mol. The number of hydrogen-bond donors (Lipinski definition) is 1. The van der Waals surface area contributed by atoms with Crippen LogP contribution in [0.2, 0.25) is 0 Å². The molecule has 21 heavy (non-hydrogen) atoms. The SMILES string of the molecule is COc1cc(/C=C(\C#N)C(=O)c2cccs2)cc(Br)c1O. The fourth-order valence-electron chi connectivity index (χ4n) is 1.69. The van der Waals surface area contributed by atoms with Gasteiger partial charge < -0.3 is 9.84 Å². The number of thiophene rings is 1. The summed E-state index contributed by atoms with van der Waals surface area (Å²) in [5.74, 6) is -0.0927. The number of benzene rings is 1. The van der Waals surface area contributed by atoms with Crippen molar-refractivity contribution in [1.82, 2.24) is 0 Å². The second kappa shape index (κ2) is 6.57. The molecule has 0 amide bonds. The Morgan fingerprint density at radius 1 is 1.52 bits per heavy atom. The fraction of sp³-hybridized carbons (Fsp3) is 0.0667. The maximum atomic E-state index is 12.2. The van der Waals surface area contributed by atoms with Gasteiger partial charge in [0, 0.05) is 0 Å². The second-order valence-electron chi connectivity index (χ2n) is 4.03. The highest BCUT2D eigenvalue weighted by Gasteiger charge is 2.14. The zero-order chi connectivity index (χ0) is 15.4. The van der Waals surface area contributed by atoms with Crippen LogP contribution in [-0.2, 0) is 0 Å². The van der Waals surface area contributed by atoms with Crippen LogP contribution in [0.1, 0.15) is 15.2 Å². The zero-order valence-corrected chi connectivity index (χ0v) is 13.4. The van der Waals surface area contributed by atoms with Gasteiger partial charge in [-0.15, -0.1) is 11.3 Å². The van der Waals surface area contributed by atoms with Crippen LogP contribution in [-0.4, -0.2) is 18.0 Å². The summed E-state index contributed by atoms with van der Waals surface area (Å²) in [6.07, 6.45) is 1.47. The van der Waals surface area contributed by atoms with E-state index < -0.39 is 0 Å². The van der Waals surface area contributed by atoms with Gasteiger partial charge in [-0.2, -0.15) is 5.26 Å². The molecule has 0 saturated heterocycles. The molecular weight excluding hydrogens is 354 g/mol. The molecule has 0 radical (unpaired) electrons. The molecule has 4 nitrogen and oxygen atoms in total. The summed E-state index contributed by atoms with van der Waals surface area (Å²) >= 11 is 4.48. The standard InChI is InChI=1S/C15H10BrNO3S/c1-20-12-7-9(6-11(16)15(12)19)5-10(8-17)14(18)13-3-2-4-21-13/h2-7,19H,1H3/b10-5+. The van der Waals surface area contributed by atoms with Gasteiger partial charge >= 0.3 is 0 Å². The number of rotatable bonds is 4. The van der Waals surface area contributed by atoms with Crippen LogP contribution in [0.25, 0.3) is 6.08 Å². The van der Waals surface area contributed by atoms with E-state index in [-0.39, 0.29) is 22.9 Å². The summed E-state index contributed by atoms with van der Waals surface area (Å²) in [6.45, 7) is 0. The highest BCUT2D eigenvalue weighted by molar-refractivity contribution is 9.10. The van der Waals surface area contributed by atoms with Crippen LogP contribution in [0.4, 0.5) is 0 Å². The lowest BCUT2D eigenvalue weighted by molar-refractivity contribution is 0.104. The van der Waals surface area contributed by atoms with Crippen LogP contribution >= 0.6 is 27.3 Å². The summed E-state index contributed by atoms with van der Waals surface area (Å²) < 4.78 is 5.46. The van der Waals surface area contributed by atoms with Crippen molar-refractivity contribution in [2.45, 2.75) is 0 Å². The van der Waals surface area contributed by atoms with E-state index in [0.29, 0.717) is 14.9 Å². The minimum absolute atomic E-state index is 0.0251. The molecule has 106 valence electrons. The number of carbonyl (C=O) groups is 1. The average Bonchev–Trinajstić information content (AvgIpc) is 3.01. The zero-order valence-electron chi connectivity index (χ0n) is 11.0. The summed E-state index contributed by atoms with van der Waals surface area (Å²) in [4.78, 5) is 12.7. The Balaban J connectivity index is 2.44. The number of halogens is 1. The maximum Gasteiger partial charge on any atom is 0.213 e. The van der Waals surface area contributed by atoms with Gasteiger partial charge in [0.2, 0.25) is 5.78 Å². The molecule has 6 heteroatoms. The molecule has 1 N–H and O–H groups in total. The van der Waals surface area contributed by atoms with Crippen LogP contribution in [0.3, 0.4) is 0 Å². The molecule has 1 heterocycles. The van der Waals surface area contributed by atoms with E-state index >= 15 is 0 Å². The molecule has 0 fully saturated rings. The van der Waals surface area contributed by atoms with Crippen molar-refractivity contribution in [1.29, 1.82) is 5.26 Å². The molecule has 0 aliphatic heterocycles. The third-order valence-corrected chi connectivity index (χ3v) is 4.16. The Morgan fingerprint density at radius 2 is 2.29 bits per heavy atom. The van der Waals surface area contributed by atoms with Gasteiger partial charge in [0.05, 0.1) is 16.5 Å². The summed E-state index contributed by atoms with van der Waals surface area (Å²) in [5, 5.41) is 20.7. The Hall–Kier alpha value is -2.10. The largest absolute Gasteiger partial charge is 0.503 e. The van der Waals surface area contributed by atoms with E-state index in [0.717, 1.165) is 0 Å². The lowest BCUT2D eigenvalue weighted by atomic mass is 10.1. The molecule has 0 saturated carbocycles. The lowest BCUT2D eigenvalue weighted by Gasteiger charge is -2.06. The van der Waals surface area contributed by atoms with Crippen molar-refractivity contribution < 1.29 is 14.6 Å². The van der Waals surface area contributed by atoms with Gasteiger partial charge in [-0.1, -0.05) is 6.07 Å². The summed E-state index contributed by atoms with van der Waals surface area (Å²) in [7, 11) is 1.43. The third-order valence-electron chi connectivity index (χ3n) is 2.69.